The molecule has 0 bridgehead atoms. The molecule has 0 aliphatic carbocycles. The van der Waals surface area contributed by atoms with Crippen molar-refractivity contribution >= 4 is 17.5 Å². The number of para-hydroxylation sites is 1. The molecule has 114 valence electrons. The topological polar surface area (TPSA) is 81.4 Å². The van der Waals surface area contributed by atoms with Crippen molar-refractivity contribution in [2.75, 3.05) is 11.9 Å². The molecule has 0 atom stereocenters. The van der Waals surface area contributed by atoms with Crippen LogP contribution in [0.2, 0.25) is 0 Å². The van der Waals surface area contributed by atoms with Gasteiger partial charge in [0.1, 0.15) is 5.75 Å². The van der Waals surface area contributed by atoms with Crippen LogP contribution in [0.3, 0.4) is 0 Å². The van der Waals surface area contributed by atoms with Crippen LogP contribution in [0.15, 0.2) is 48.5 Å². The molecule has 0 heterocycles. The van der Waals surface area contributed by atoms with E-state index in [2.05, 4.69) is 5.32 Å². The van der Waals surface area contributed by atoms with Crippen LogP contribution in [-0.4, -0.2) is 18.4 Å². The fourth-order valence-corrected chi connectivity index (χ4v) is 1.91. The van der Waals surface area contributed by atoms with E-state index in [0.29, 0.717) is 29.2 Å². The number of amides is 2. The number of hydrogen-bond donors (Lipinski definition) is 2. The van der Waals surface area contributed by atoms with Gasteiger partial charge in [-0.3, -0.25) is 9.59 Å². The first kappa shape index (κ1) is 15.6. The molecule has 5 heteroatoms. The largest absolute Gasteiger partial charge is 0.493 e. The van der Waals surface area contributed by atoms with Gasteiger partial charge in [0, 0.05) is 11.3 Å². The third-order valence-electron chi connectivity index (χ3n) is 3.02. The highest BCUT2D eigenvalue weighted by Crippen LogP contribution is 2.20. The number of nitrogens with one attached hydrogen (secondary N) is 1. The number of ether oxygens (including phenoxy) is 1. The monoisotopic (exact) mass is 298 g/mol. The summed E-state index contributed by atoms with van der Waals surface area (Å²) in [6.45, 7) is 2.56. The number of hydrogen-bond acceptors (Lipinski definition) is 3. The Morgan fingerprint density at radius 3 is 2.41 bits per heavy atom. The maximum atomic E-state index is 12.3. The smallest absolute Gasteiger partial charge is 0.259 e. The van der Waals surface area contributed by atoms with Crippen LogP contribution in [0.4, 0.5) is 5.69 Å². The highest BCUT2D eigenvalue weighted by Gasteiger charge is 2.12. The first-order valence-electron chi connectivity index (χ1n) is 7.05. The molecule has 0 aliphatic heterocycles. The van der Waals surface area contributed by atoms with E-state index < -0.39 is 5.91 Å². The van der Waals surface area contributed by atoms with Crippen LogP contribution in [-0.2, 0) is 0 Å². The summed E-state index contributed by atoms with van der Waals surface area (Å²) in [7, 11) is 0. The molecular weight excluding hydrogens is 280 g/mol. The van der Waals surface area contributed by atoms with Gasteiger partial charge in [-0.05, 0) is 42.8 Å². The second-order valence-electron chi connectivity index (χ2n) is 4.74. The number of anilines is 1. The fraction of sp³-hybridized carbons (Fsp3) is 0.176. The summed E-state index contributed by atoms with van der Waals surface area (Å²) < 4.78 is 5.57. The first-order chi connectivity index (χ1) is 10.6. The van der Waals surface area contributed by atoms with E-state index in [1.54, 1.807) is 42.5 Å². The van der Waals surface area contributed by atoms with Crippen molar-refractivity contribution < 1.29 is 14.3 Å². The lowest BCUT2D eigenvalue weighted by atomic mass is 10.1. The van der Waals surface area contributed by atoms with Gasteiger partial charge in [0.15, 0.2) is 0 Å². The molecule has 0 unspecified atom stereocenters. The number of benzene rings is 2. The Labute approximate surface area is 129 Å². The van der Waals surface area contributed by atoms with Gasteiger partial charge in [-0.25, -0.2) is 0 Å². The Kier molecular flexibility index (Phi) is 5.14. The lowest BCUT2D eigenvalue weighted by molar-refractivity contribution is 0.0997. The molecule has 0 saturated carbocycles. The van der Waals surface area contributed by atoms with Gasteiger partial charge in [0.25, 0.3) is 5.91 Å². The van der Waals surface area contributed by atoms with Gasteiger partial charge in [0.05, 0.1) is 12.2 Å². The maximum Gasteiger partial charge on any atom is 0.259 e. The third-order valence-corrected chi connectivity index (χ3v) is 3.02. The van der Waals surface area contributed by atoms with Crippen molar-refractivity contribution in [1.29, 1.82) is 0 Å². The van der Waals surface area contributed by atoms with E-state index in [0.717, 1.165) is 6.42 Å². The van der Waals surface area contributed by atoms with E-state index >= 15 is 0 Å². The van der Waals surface area contributed by atoms with Crippen LogP contribution < -0.4 is 15.8 Å². The molecule has 2 rings (SSSR count). The molecule has 0 spiro atoms. The molecular formula is C17H18N2O3. The lowest BCUT2D eigenvalue weighted by Gasteiger charge is -2.11. The van der Waals surface area contributed by atoms with Gasteiger partial charge < -0.3 is 15.8 Å². The van der Waals surface area contributed by atoms with Gasteiger partial charge >= 0.3 is 0 Å². The normalized spacial score (nSPS) is 10.0. The van der Waals surface area contributed by atoms with Crippen molar-refractivity contribution in [3.8, 4) is 5.75 Å². The maximum absolute atomic E-state index is 12.3. The average Bonchev–Trinajstić information content (AvgIpc) is 2.53. The van der Waals surface area contributed by atoms with Gasteiger partial charge in [-0.15, -0.1) is 0 Å². The van der Waals surface area contributed by atoms with E-state index in [-0.39, 0.29) is 5.91 Å². The number of rotatable bonds is 6. The van der Waals surface area contributed by atoms with Crippen LogP contribution in [0.25, 0.3) is 0 Å². The molecule has 22 heavy (non-hydrogen) atoms. The summed E-state index contributed by atoms with van der Waals surface area (Å²) in [5, 5.41) is 2.77. The molecule has 2 aromatic carbocycles. The minimum absolute atomic E-state index is 0.265. The summed E-state index contributed by atoms with van der Waals surface area (Å²) in [6, 6.07) is 13.5. The van der Waals surface area contributed by atoms with E-state index in [1.165, 1.54) is 0 Å². The van der Waals surface area contributed by atoms with Crippen LogP contribution in [0.1, 0.15) is 34.1 Å². The zero-order valence-electron chi connectivity index (χ0n) is 12.3. The van der Waals surface area contributed by atoms with Gasteiger partial charge in [-0.2, -0.15) is 0 Å². The van der Waals surface area contributed by atoms with E-state index in [1.807, 2.05) is 13.0 Å². The summed E-state index contributed by atoms with van der Waals surface area (Å²) in [4.78, 5) is 23.4. The molecule has 0 saturated heterocycles. The second-order valence-corrected chi connectivity index (χ2v) is 4.74. The predicted octanol–water partition coefficient (Wildman–Crippen LogP) is 2.83. The molecule has 0 fully saturated rings. The molecule has 0 aliphatic rings. The second kappa shape index (κ2) is 7.26. The van der Waals surface area contributed by atoms with Crippen molar-refractivity contribution in [3.63, 3.8) is 0 Å². The number of nitrogens with two attached hydrogens (primary N) is 1. The summed E-state index contributed by atoms with van der Waals surface area (Å²) in [5.41, 5.74) is 6.62. The minimum Gasteiger partial charge on any atom is -0.493 e. The van der Waals surface area contributed by atoms with Crippen molar-refractivity contribution in [2.45, 2.75) is 13.3 Å². The predicted molar refractivity (Wildman–Crippen MR) is 85.1 cm³/mol. The SMILES string of the molecule is CCCOc1ccccc1C(=O)Nc1ccc(C(N)=O)cc1. The van der Waals surface area contributed by atoms with Crippen LogP contribution in [0, 0.1) is 0 Å². The Morgan fingerprint density at radius 2 is 1.77 bits per heavy atom. The molecule has 0 aromatic heterocycles. The summed E-state index contributed by atoms with van der Waals surface area (Å²) >= 11 is 0. The van der Waals surface area contributed by atoms with Gasteiger partial charge in [-0.1, -0.05) is 19.1 Å². The minimum atomic E-state index is -0.504. The molecule has 2 aromatic rings. The highest BCUT2D eigenvalue weighted by atomic mass is 16.5. The Hall–Kier alpha value is -2.82. The molecule has 5 nitrogen and oxygen atoms in total. The van der Waals surface area contributed by atoms with Gasteiger partial charge in [0.2, 0.25) is 5.91 Å². The molecule has 0 radical (unpaired) electrons. The quantitative estimate of drug-likeness (QED) is 0.860. The van der Waals surface area contributed by atoms with E-state index in [4.69, 9.17) is 10.5 Å². The number of carbonyl (C=O) groups is 2. The van der Waals surface area contributed by atoms with Crippen LogP contribution >= 0.6 is 0 Å². The van der Waals surface area contributed by atoms with Crippen molar-refractivity contribution in [1.82, 2.24) is 0 Å². The highest BCUT2D eigenvalue weighted by molar-refractivity contribution is 6.06. The Morgan fingerprint density at radius 1 is 1.09 bits per heavy atom. The third kappa shape index (κ3) is 3.85. The summed E-state index contributed by atoms with van der Waals surface area (Å²) in [5.74, 6) is -0.217. The number of carbonyl (C=O) groups excluding carboxylic acids is 2. The number of primary amides is 1. The lowest BCUT2D eigenvalue weighted by Crippen LogP contribution is -2.14. The Bertz CT molecular complexity index is 666. The van der Waals surface area contributed by atoms with E-state index in [9.17, 15) is 9.59 Å². The molecule has 3 N–H and O–H groups in total. The first-order valence-corrected chi connectivity index (χ1v) is 7.05. The summed E-state index contributed by atoms with van der Waals surface area (Å²) in [6.07, 6.45) is 0.866. The van der Waals surface area contributed by atoms with Crippen LogP contribution in [0.5, 0.6) is 5.75 Å². The molecule has 2 amide bonds. The zero-order chi connectivity index (χ0) is 15.9. The fourth-order valence-electron chi connectivity index (χ4n) is 1.91. The standard InChI is InChI=1S/C17H18N2O3/c1-2-11-22-15-6-4-3-5-14(15)17(21)19-13-9-7-12(8-10-13)16(18)20/h3-10H,2,11H2,1H3,(H2,18,20)(H,19,21). The van der Waals surface area contributed by atoms with Crippen molar-refractivity contribution in [2.24, 2.45) is 5.73 Å². The average molecular weight is 298 g/mol. The van der Waals surface area contributed by atoms with Crippen molar-refractivity contribution in [3.05, 3.63) is 59.7 Å². The Balaban J connectivity index is 2.13. The zero-order valence-corrected chi connectivity index (χ0v) is 12.3.